The van der Waals surface area contributed by atoms with E-state index in [1.54, 1.807) is 0 Å². The van der Waals surface area contributed by atoms with Gasteiger partial charge >= 0.3 is 0 Å². The van der Waals surface area contributed by atoms with Gasteiger partial charge in [-0.05, 0) is 11.6 Å². The lowest BCUT2D eigenvalue weighted by molar-refractivity contribution is 0.648. The number of aromatic nitrogens is 1. The van der Waals surface area contributed by atoms with E-state index in [1.807, 2.05) is 24.4 Å². The van der Waals surface area contributed by atoms with Gasteiger partial charge in [0.2, 0.25) is 0 Å². The van der Waals surface area contributed by atoms with Crippen molar-refractivity contribution in [3.8, 4) is 11.1 Å². The molecule has 3 aromatic rings. The van der Waals surface area contributed by atoms with E-state index in [4.69, 9.17) is 4.42 Å². The monoisotopic (exact) mass is 267 g/mol. The fourth-order valence-corrected chi connectivity index (χ4v) is 3.06. The minimum Gasteiger partial charge on any atom is -0.465 e. The molecule has 0 aliphatic carbocycles. The first-order valence-electron chi connectivity index (χ1n) is 6.49. The lowest BCUT2D eigenvalue weighted by Crippen LogP contribution is -2.36. The highest BCUT2D eigenvalue weighted by molar-refractivity contribution is 6.87. The van der Waals surface area contributed by atoms with Crippen LogP contribution in [0.3, 0.4) is 0 Å². The first-order valence-corrected chi connectivity index (χ1v) is 9.99. The Hall–Kier alpha value is -1.87. The number of pyridine rings is 1. The highest BCUT2D eigenvalue weighted by Crippen LogP contribution is 2.23. The molecule has 1 aromatic carbocycles. The van der Waals surface area contributed by atoms with Crippen molar-refractivity contribution in [3.05, 3.63) is 48.7 Å². The molecule has 0 radical (unpaired) electrons. The Morgan fingerprint density at radius 2 is 1.68 bits per heavy atom. The van der Waals surface area contributed by atoms with E-state index in [0.29, 0.717) is 0 Å². The van der Waals surface area contributed by atoms with Gasteiger partial charge in [-0.2, -0.15) is 0 Å². The molecule has 0 amide bonds. The van der Waals surface area contributed by atoms with Gasteiger partial charge in [-0.25, -0.2) is 0 Å². The molecule has 0 spiro atoms. The summed E-state index contributed by atoms with van der Waals surface area (Å²) in [5.41, 5.74) is 4.11. The third kappa shape index (κ3) is 2.33. The second-order valence-electron chi connectivity index (χ2n) is 5.83. The molecule has 2 aromatic heterocycles. The highest BCUT2D eigenvalue weighted by Gasteiger charge is 2.22. The van der Waals surface area contributed by atoms with E-state index in [9.17, 15) is 0 Å². The molecule has 0 fully saturated rings. The molecule has 3 rings (SSSR count). The summed E-state index contributed by atoms with van der Waals surface area (Å²) in [5.74, 6) is 0. The van der Waals surface area contributed by atoms with Crippen LogP contribution in [-0.2, 0) is 0 Å². The molecular formula is C16H17NOSi. The number of rotatable bonds is 2. The van der Waals surface area contributed by atoms with Crippen LogP contribution >= 0.6 is 0 Å². The van der Waals surface area contributed by atoms with Crippen LogP contribution in [0.25, 0.3) is 22.2 Å². The molecule has 2 nitrogen and oxygen atoms in total. The zero-order valence-electron chi connectivity index (χ0n) is 11.5. The summed E-state index contributed by atoms with van der Waals surface area (Å²) in [4.78, 5) is 4.52. The van der Waals surface area contributed by atoms with Gasteiger partial charge in [0, 0.05) is 17.8 Å². The van der Waals surface area contributed by atoms with Gasteiger partial charge < -0.3 is 4.42 Å². The van der Waals surface area contributed by atoms with Gasteiger partial charge in [-0.15, -0.1) is 0 Å². The van der Waals surface area contributed by atoms with Crippen LogP contribution in [0.2, 0.25) is 19.6 Å². The van der Waals surface area contributed by atoms with Crippen molar-refractivity contribution in [2.45, 2.75) is 19.6 Å². The van der Waals surface area contributed by atoms with Crippen molar-refractivity contribution in [1.29, 1.82) is 0 Å². The molecule has 0 saturated heterocycles. The molecular weight excluding hydrogens is 250 g/mol. The van der Waals surface area contributed by atoms with E-state index >= 15 is 0 Å². The van der Waals surface area contributed by atoms with Gasteiger partial charge in [-0.1, -0.05) is 50.0 Å². The smallest absolute Gasteiger partial charge is 0.152 e. The summed E-state index contributed by atoms with van der Waals surface area (Å²) in [6.07, 6.45) is 1.92. The molecule has 19 heavy (non-hydrogen) atoms. The Bertz CT molecular complexity index is 710. The number of nitrogens with zero attached hydrogens (tertiary/aromatic N) is 1. The van der Waals surface area contributed by atoms with Crippen LogP contribution in [0, 0.1) is 0 Å². The standard InChI is InChI=1S/C16H17NOSi/c1-19(2,3)16-10-14-15(18-16)9-13(11-17-14)12-7-5-4-6-8-12/h4-11H,1-3H3. The fraction of sp³-hybridized carbons (Fsp3) is 0.188. The van der Waals surface area contributed by atoms with E-state index < -0.39 is 8.07 Å². The Kier molecular flexibility index (Phi) is 2.79. The molecule has 0 atom stereocenters. The minimum atomic E-state index is -1.42. The van der Waals surface area contributed by atoms with Gasteiger partial charge in [0.25, 0.3) is 0 Å². The van der Waals surface area contributed by atoms with E-state index in [-0.39, 0.29) is 0 Å². The number of fused-ring (bicyclic) bond motifs is 1. The molecule has 3 heteroatoms. The first-order chi connectivity index (χ1) is 9.04. The molecule has 0 aliphatic heterocycles. The maximum atomic E-state index is 5.99. The molecule has 0 bridgehead atoms. The van der Waals surface area contributed by atoms with Crippen molar-refractivity contribution in [2.75, 3.05) is 0 Å². The normalized spacial score (nSPS) is 11.9. The first kappa shape index (κ1) is 12.2. The van der Waals surface area contributed by atoms with E-state index in [1.165, 1.54) is 5.56 Å². The second-order valence-corrected chi connectivity index (χ2v) is 10.8. The molecule has 0 saturated carbocycles. The number of hydrogen-bond acceptors (Lipinski definition) is 2. The lowest BCUT2D eigenvalue weighted by atomic mass is 10.1. The zero-order valence-corrected chi connectivity index (χ0v) is 12.5. The minimum absolute atomic E-state index is 0.888. The Morgan fingerprint density at radius 3 is 2.37 bits per heavy atom. The highest BCUT2D eigenvalue weighted by atomic mass is 28.3. The third-order valence-corrected chi connectivity index (χ3v) is 4.94. The summed E-state index contributed by atoms with van der Waals surface area (Å²) in [6.45, 7) is 6.84. The van der Waals surface area contributed by atoms with Crippen LogP contribution in [0.15, 0.2) is 53.1 Å². The van der Waals surface area contributed by atoms with Crippen molar-refractivity contribution in [2.24, 2.45) is 0 Å². The van der Waals surface area contributed by atoms with Crippen molar-refractivity contribution in [1.82, 2.24) is 4.98 Å². The predicted molar refractivity (Wildman–Crippen MR) is 82.4 cm³/mol. The van der Waals surface area contributed by atoms with Gasteiger partial charge in [0.15, 0.2) is 5.58 Å². The maximum absolute atomic E-state index is 5.99. The molecule has 2 heterocycles. The quantitative estimate of drug-likeness (QED) is 0.655. The van der Waals surface area contributed by atoms with E-state index in [0.717, 1.165) is 22.0 Å². The van der Waals surface area contributed by atoms with Crippen molar-refractivity contribution in [3.63, 3.8) is 0 Å². The van der Waals surface area contributed by atoms with Crippen LogP contribution in [-0.4, -0.2) is 13.1 Å². The summed E-state index contributed by atoms with van der Waals surface area (Å²) in [6, 6.07) is 14.4. The van der Waals surface area contributed by atoms with Crippen LogP contribution < -0.4 is 5.38 Å². The van der Waals surface area contributed by atoms with E-state index in [2.05, 4.69) is 48.9 Å². The van der Waals surface area contributed by atoms with Crippen molar-refractivity contribution < 1.29 is 4.42 Å². The average molecular weight is 267 g/mol. The van der Waals surface area contributed by atoms with Crippen LogP contribution in [0.1, 0.15) is 0 Å². The molecule has 0 N–H and O–H groups in total. The summed E-state index contributed by atoms with van der Waals surface area (Å²) >= 11 is 0. The van der Waals surface area contributed by atoms with Crippen LogP contribution in [0.5, 0.6) is 0 Å². The maximum Gasteiger partial charge on any atom is 0.152 e. The Morgan fingerprint density at radius 1 is 0.947 bits per heavy atom. The average Bonchev–Trinajstić information content (AvgIpc) is 2.82. The fourth-order valence-electron chi connectivity index (χ4n) is 2.08. The summed E-state index contributed by atoms with van der Waals surface area (Å²) in [5, 5.41) is 1.11. The number of furan rings is 1. The molecule has 0 unspecified atom stereocenters. The predicted octanol–water partition coefficient (Wildman–Crippen LogP) is 4.04. The SMILES string of the molecule is C[Si](C)(C)c1cc2ncc(-c3ccccc3)cc2o1. The summed E-state index contributed by atoms with van der Waals surface area (Å²) in [7, 11) is -1.42. The Balaban J connectivity index is 2.11. The largest absolute Gasteiger partial charge is 0.465 e. The van der Waals surface area contributed by atoms with Gasteiger partial charge in [0.05, 0.1) is 5.38 Å². The third-order valence-electron chi connectivity index (χ3n) is 3.22. The molecule has 96 valence electrons. The number of hydrogen-bond donors (Lipinski definition) is 0. The van der Waals surface area contributed by atoms with Crippen molar-refractivity contribution >= 4 is 24.6 Å². The van der Waals surface area contributed by atoms with Gasteiger partial charge in [0.1, 0.15) is 13.6 Å². The van der Waals surface area contributed by atoms with Gasteiger partial charge in [-0.3, -0.25) is 4.98 Å². The van der Waals surface area contributed by atoms with Crippen LogP contribution in [0.4, 0.5) is 0 Å². The lowest BCUT2D eigenvalue weighted by Gasteiger charge is -2.10. The summed E-state index contributed by atoms with van der Waals surface area (Å²) < 4.78 is 5.99. The zero-order chi connectivity index (χ0) is 13.5. The number of benzene rings is 1. The molecule has 0 aliphatic rings. The second kappa shape index (κ2) is 4.35. The Labute approximate surface area is 114 Å². The topological polar surface area (TPSA) is 26.0 Å².